The van der Waals surface area contributed by atoms with Crippen molar-refractivity contribution >= 4 is 5.78 Å². The number of allylic oxidation sites excluding steroid dienone is 1. The molecule has 0 aliphatic heterocycles. The van der Waals surface area contributed by atoms with Crippen LogP contribution in [0.1, 0.15) is 31.2 Å². The molecule has 2 rings (SSSR count). The van der Waals surface area contributed by atoms with Crippen LogP contribution < -0.4 is 0 Å². The Bertz CT molecular complexity index is 453. The summed E-state index contributed by atoms with van der Waals surface area (Å²) in [6.07, 6.45) is 5.09. The molecule has 1 aliphatic carbocycles. The minimum absolute atomic E-state index is 0.390. The largest absolute Gasteiger partial charge is 0.390 e. The van der Waals surface area contributed by atoms with Crippen molar-refractivity contribution < 1.29 is 15.0 Å². The van der Waals surface area contributed by atoms with Crippen LogP contribution in [0.5, 0.6) is 0 Å². The summed E-state index contributed by atoms with van der Waals surface area (Å²) in [5.74, 6) is 0.0797. The molecule has 0 heterocycles. The number of hydrogen-bond acceptors (Lipinski definition) is 3. The molecule has 2 N–H and O–H groups in total. The van der Waals surface area contributed by atoms with Crippen molar-refractivity contribution in [1.82, 2.24) is 0 Å². The Kier molecular flexibility index (Phi) is 5.50. The van der Waals surface area contributed by atoms with E-state index < -0.39 is 12.2 Å². The smallest absolute Gasteiger partial charge is 0.186 e. The third-order valence-electron chi connectivity index (χ3n) is 3.92. The van der Waals surface area contributed by atoms with Gasteiger partial charge in [0.15, 0.2) is 5.78 Å². The number of benzene rings is 1. The minimum Gasteiger partial charge on any atom is -0.390 e. The highest BCUT2D eigenvalue weighted by Gasteiger charge is 2.24. The van der Waals surface area contributed by atoms with Crippen LogP contribution in [0.15, 0.2) is 42.5 Å². The predicted molar refractivity (Wildman–Crippen MR) is 78.3 cm³/mol. The summed E-state index contributed by atoms with van der Waals surface area (Å²) >= 11 is 0. The average molecular weight is 274 g/mol. The van der Waals surface area contributed by atoms with Gasteiger partial charge in [-0.05, 0) is 49.7 Å². The quantitative estimate of drug-likeness (QED) is 0.869. The zero-order chi connectivity index (χ0) is 14.4. The number of carbonyl (C=O) groups excluding carboxylic acids is 1. The highest BCUT2D eigenvalue weighted by Crippen LogP contribution is 2.22. The molecule has 0 amide bonds. The molecule has 0 bridgehead atoms. The number of hydrogen-bond donors (Lipinski definition) is 2. The third-order valence-corrected chi connectivity index (χ3v) is 3.92. The summed E-state index contributed by atoms with van der Waals surface area (Å²) < 4.78 is 0. The lowest BCUT2D eigenvalue weighted by molar-refractivity contribution is -0.128. The Hall–Kier alpha value is -1.45. The molecule has 108 valence electrons. The van der Waals surface area contributed by atoms with Gasteiger partial charge >= 0.3 is 0 Å². The Balaban J connectivity index is 2.00. The molecule has 0 spiro atoms. The molecule has 3 unspecified atom stereocenters. The zero-order valence-corrected chi connectivity index (χ0v) is 11.6. The van der Waals surface area contributed by atoms with Crippen molar-refractivity contribution in [1.29, 1.82) is 0 Å². The van der Waals surface area contributed by atoms with E-state index >= 15 is 0 Å². The van der Waals surface area contributed by atoms with Gasteiger partial charge in [-0.2, -0.15) is 0 Å². The lowest BCUT2D eigenvalue weighted by Gasteiger charge is -2.21. The highest BCUT2D eigenvalue weighted by atomic mass is 16.3. The molecule has 0 radical (unpaired) electrons. The van der Waals surface area contributed by atoms with Gasteiger partial charge < -0.3 is 10.2 Å². The molecule has 0 saturated carbocycles. The molecule has 20 heavy (non-hydrogen) atoms. The third kappa shape index (κ3) is 4.29. The molecule has 1 aromatic carbocycles. The predicted octanol–water partition coefficient (Wildman–Crippen LogP) is 2.27. The fourth-order valence-electron chi connectivity index (χ4n) is 2.68. The van der Waals surface area contributed by atoms with E-state index in [1.807, 2.05) is 24.3 Å². The molecule has 0 aromatic heterocycles. The van der Waals surface area contributed by atoms with Crippen LogP contribution in [0.3, 0.4) is 0 Å². The van der Waals surface area contributed by atoms with E-state index in [0.717, 1.165) is 25.7 Å². The van der Waals surface area contributed by atoms with Gasteiger partial charge in [0.05, 0.1) is 6.10 Å². The summed E-state index contributed by atoms with van der Waals surface area (Å²) in [4.78, 5) is 11.5. The maximum atomic E-state index is 11.5. The van der Waals surface area contributed by atoms with Crippen molar-refractivity contribution in [2.75, 3.05) is 0 Å². The average Bonchev–Trinajstić information content (AvgIpc) is 2.47. The second kappa shape index (κ2) is 7.36. The Labute approximate surface area is 120 Å². The van der Waals surface area contributed by atoms with E-state index in [1.54, 1.807) is 0 Å². The lowest BCUT2D eigenvalue weighted by Crippen LogP contribution is -2.33. The maximum Gasteiger partial charge on any atom is 0.186 e. The lowest BCUT2D eigenvalue weighted by atomic mass is 9.87. The van der Waals surface area contributed by atoms with Crippen molar-refractivity contribution in [3.8, 4) is 0 Å². The Morgan fingerprint density at radius 3 is 2.55 bits per heavy atom. The normalized spacial score (nSPS) is 29.9. The Morgan fingerprint density at radius 1 is 1.05 bits per heavy atom. The van der Waals surface area contributed by atoms with Crippen LogP contribution in [0.2, 0.25) is 0 Å². The first-order valence-corrected chi connectivity index (χ1v) is 7.27. The van der Waals surface area contributed by atoms with Crippen LogP contribution in [0, 0.1) is 5.92 Å². The molecule has 3 heteroatoms. The van der Waals surface area contributed by atoms with Crippen LogP contribution in [-0.2, 0) is 11.2 Å². The summed E-state index contributed by atoms with van der Waals surface area (Å²) in [6, 6.07) is 10.3. The maximum absolute atomic E-state index is 11.5. The number of ketones is 1. The highest BCUT2D eigenvalue weighted by molar-refractivity contribution is 5.93. The van der Waals surface area contributed by atoms with E-state index in [9.17, 15) is 15.0 Å². The number of aliphatic hydroxyl groups excluding tert-OH is 2. The van der Waals surface area contributed by atoms with Gasteiger partial charge in [0.25, 0.3) is 0 Å². The van der Waals surface area contributed by atoms with Crippen molar-refractivity contribution in [3.05, 3.63) is 48.0 Å². The van der Waals surface area contributed by atoms with Crippen molar-refractivity contribution in [3.63, 3.8) is 0 Å². The summed E-state index contributed by atoms with van der Waals surface area (Å²) in [6.45, 7) is 0. The number of carbonyl (C=O) groups is 1. The standard InChI is InChI=1S/C17H22O3/c18-15-9-5-4-8-14(10-11-16(19)17(15)20)12-13-6-2-1-3-7-13/h1-3,5-7,9,14,16-17,19-20H,4,8,10-12H2/b9-5-. The zero-order valence-electron chi connectivity index (χ0n) is 11.6. The molecular weight excluding hydrogens is 252 g/mol. The Morgan fingerprint density at radius 2 is 1.80 bits per heavy atom. The van der Waals surface area contributed by atoms with Gasteiger partial charge in [-0.1, -0.05) is 36.4 Å². The van der Waals surface area contributed by atoms with Crippen molar-refractivity contribution in [2.24, 2.45) is 5.92 Å². The monoisotopic (exact) mass is 274 g/mol. The fourth-order valence-corrected chi connectivity index (χ4v) is 2.68. The van der Waals surface area contributed by atoms with E-state index in [-0.39, 0.29) is 5.78 Å². The summed E-state index contributed by atoms with van der Waals surface area (Å²) in [5.41, 5.74) is 1.30. The van der Waals surface area contributed by atoms with Crippen LogP contribution in [-0.4, -0.2) is 28.2 Å². The molecule has 0 fully saturated rings. The minimum atomic E-state index is -1.28. The van der Waals surface area contributed by atoms with Gasteiger partial charge in [0.1, 0.15) is 6.10 Å². The van der Waals surface area contributed by atoms with Gasteiger partial charge in [-0.25, -0.2) is 0 Å². The van der Waals surface area contributed by atoms with Crippen LogP contribution in [0.4, 0.5) is 0 Å². The first-order valence-electron chi connectivity index (χ1n) is 7.27. The summed E-state index contributed by atoms with van der Waals surface area (Å²) in [5, 5.41) is 19.5. The van der Waals surface area contributed by atoms with Crippen LogP contribution in [0.25, 0.3) is 0 Å². The van der Waals surface area contributed by atoms with Crippen LogP contribution >= 0.6 is 0 Å². The van der Waals surface area contributed by atoms with Gasteiger partial charge in [-0.3, -0.25) is 4.79 Å². The second-order valence-electron chi connectivity index (χ2n) is 5.53. The topological polar surface area (TPSA) is 57.5 Å². The molecule has 1 aromatic rings. The molecule has 3 nitrogen and oxygen atoms in total. The number of rotatable bonds is 2. The first kappa shape index (κ1) is 14.9. The second-order valence-corrected chi connectivity index (χ2v) is 5.53. The SMILES string of the molecule is O=C1/C=C\CCC(Cc2ccccc2)CCC(O)C1O. The molecular formula is C17H22O3. The number of aliphatic hydroxyl groups is 2. The van der Waals surface area contributed by atoms with E-state index in [4.69, 9.17) is 0 Å². The fraction of sp³-hybridized carbons (Fsp3) is 0.471. The first-order chi connectivity index (χ1) is 9.66. The molecule has 3 atom stereocenters. The van der Waals surface area contributed by atoms with Crippen molar-refractivity contribution in [2.45, 2.75) is 44.3 Å². The molecule has 0 saturated heterocycles. The van der Waals surface area contributed by atoms with Gasteiger partial charge in [0, 0.05) is 0 Å². The summed E-state index contributed by atoms with van der Waals surface area (Å²) in [7, 11) is 0. The van der Waals surface area contributed by atoms with E-state index in [1.165, 1.54) is 11.6 Å². The van der Waals surface area contributed by atoms with E-state index in [2.05, 4.69) is 12.1 Å². The van der Waals surface area contributed by atoms with Gasteiger partial charge in [-0.15, -0.1) is 0 Å². The van der Waals surface area contributed by atoms with E-state index in [0.29, 0.717) is 12.3 Å². The molecule has 1 aliphatic rings. The van der Waals surface area contributed by atoms with Gasteiger partial charge in [0.2, 0.25) is 0 Å².